The van der Waals surface area contributed by atoms with Crippen molar-refractivity contribution in [2.75, 3.05) is 32.7 Å². The van der Waals surface area contributed by atoms with Gasteiger partial charge in [-0.25, -0.2) is 4.98 Å². The highest BCUT2D eigenvalue weighted by molar-refractivity contribution is 7.98. The molecule has 6 rings (SSSR count). The van der Waals surface area contributed by atoms with Crippen molar-refractivity contribution < 1.29 is 4.79 Å². The number of piperazine rings is 1. The van der Waals surface area contributed by atoms with E-state index in [0.717, 1.165) is 35.9 Å². The normalized spacial score (nSPS) is 14.1. The highest BCUT2D eigenvalue weighted by Crippen LogP contribution is 2.33. The molecule has 212 valence electrons. The summed E-state index contributed by atoms with van der Waals surface area (Å²) >= 11 is 9.58. The third kappa shape index (κ3) is 6.63. The zero-order valence-electron chi connectivity index (χ0n) is 22.7. The van der Waals surface area contributed by atoms with Gasteiger partial charge in [-0.2, -0.15) is 0 Å². The van der Waals surface area contributed by atoms with Crippen LogP contribution >= 0.6 is 34.7 Å². The molecule has 0 N–H and O–H groups in total. The van der Waals surface area contributed by atoms with Gasteiger partial charge in [-0.15, -0.1) is 21.5 Å². The number of aromatic nitrogens is 5. The zero-order valence-corrected chi connectivity index (χ0v) is 25.1. The highest BCUT2D eigenvalue weighted by atomic mass is 35.5. The molecule has 11 heteroatoms. The number of pyridine rings is 1. The number of amides is 1. The molecule has 0 aliphatic carbocycles. The Hall–Kier alpha value is -3.83. The van der Waals surface area contributed by atoms with Gasteiger partial charge >= 0.3 is 0 Å². The molecule has 0 atom stereocenters. The number of thioether (sulfide) groups is 1. The maximum Gasteiger partial charge on any atom is 0.273 e. The second-order valence-corrected chi connectivity index (χ2v) is 11.9. The summed E-state index contributed by atoms with van der Waals surface area (Å²) in [5, 5.41) is 12.9. The molecule has 42 heavy (non-hydrogen) atoms. The Kier molecular flexibility index (Phi) is 9.05. The fourth-order valence-electron chi connectivity index (χ4n) is 4.70. The Labute approximate surface area is 257 Å². The molecule has 1 aliphatic rings. The van der Waals surface area contributed by atoms with E-state index in [1.807, 2.05) is 69.4 Å². The van der Waals surface area contributed by atoms with Gasteiger partial charge in [0.05, 0.1) is 16.5 Å². The van der Waals surface area contributed by atoms with Crippen LogP contribution in [-0.4, -0.2) is 73.2 Å². The maximum absolute atomic E-state index is 13.2. The first-order chi connectivity index (χ1) is 20.7. The summed E-state index contributed by atoms with van der Waals surface area (Å²) in [5.74, 6) is 1.22. The Balaban J connectivity index is 1.08. The minimum absolute atomic E-state index is 0.0128. The van der Waals surface area contributed by atoms with Crippen molar-refractivity contribution in [3.8, 4) is 17.1 Å². The van der Waals surface area contributed by atoms with Crippen LogP contribution in [0.2, 0.25) is 5.02 Å². The van der Waals surface area contributed by atoms with E-state index in [9.17, 15) is 4.79 Å². The molecule has 1 saturated heterocycles. The Morgan fingerprint density at radius 2 is 1.71 bits per heavy atom. The lowest BCUT2D eigenvalue weighted by molar-refractivity contribution is 0.0645. The van der Waals surface area contributed by atoms with Crippen LogP contribution in [0.4, 0.5) is 0 Å². The van der Waals surface area contributed by atoms with Gasteiger partial charge in [0, 0.05) is 56.1 Å². The SMILES string of the molecule is O=C(c1csc(CSc2nnc(-c3ccncc3)n2-c2ccccc2Cl)n1)N1CCN(C/C=C/c2ccccc2)CC1. The van der Waals surface area contributed by atoms with Crippen molar-refractivity contribution in [2.24, 2.45) is 0 Å². The number of carbonyl (C=O) groups excluding carboxylic acids is 1. The number of nitrogens with zero attached hydrogens (tertiary/aromatic N) is 7. The third-order valence-electron chi connectivity index (χ3n) is 6.89. The standard InChI is InChI=1S/C31H28ClN7OS2/c32-25-10-4-5-11-27(25)39-29(24-12-14-33-15-13-24)35-36-31(39)42-22-28-34-26(21-41-28)30(40)38-19-17-37(18-20-38)16-6-9-23-7-2-1-3-8-23/h1-15,21H,16-20,22H2/b9-6+. The van der Waals surface area contributed by atoms with Crippen LogP contribution in [-0.2, 0) is 5.75 Å². The van der Waals surface area contributed by atoms with Crippen molar-refractivity contribution in [3.05, 3.63) is 112 Å². The molecule has 8 nitrogen and oxygen atoms in total. The molecule has 0 saturated carbocycles. The van der Waals surface area contributed by atoms with Gasteiger partial charge in [0.1, 0.15) is 10.7 Å². The second kappa shape index (κ2) is 13.4. The quantitative estimate of drug-likeness (QED) is 0.183. The number of hydrogen-bond acceptors (Lipinski definition) is 8. The lowest BCUT2D eigenvalue weighted by atomic mass is 10.2. The highest BCUT2D eigenvalue weighted by Gasteiger charge is 2.24. The maximum atomic E-state index is 13.2. The number of rotatable bonds is 9. The van der Waals surface area contributed by atoms with Gasteiger partial charge in [-0.3, -0.25) is 19.2 Å². The summed E-state index contributed by atoms with van der Waals surface area (Å²) in [4.78, 5) is 26.3. The van der Waals surface area contributed by atoms with E-state index < -0.39 is 0 Å². The lowest BCUT2D eigenvalue weighted by Gasteiger charge is -2.33. The molecular formula is C31H28ClN7OS2. The molecular weight excluding hydrogens is 586 g/mol. The van der Waals surface area contributed by atoms with Crippen LogP contribution in [0.1, 0.15) is 21.1 Å². The first-order valence-electron chi connectivity index (χ1n) is 13.6. The van der Waals surface area contributed by atoms with E-state index in [4.69, 9.17) is 11.6 Å². The average Bonchev–Trinajstić information content (AvgIpc) is 3.69. The van der Waals surface area contributed by atoms with Crippen LogP contribution in [0.3, 0.4) is 0 Å². The van der Waals surface area contributed by atoms with E-state index in [0.29, 0.717) is 40.5 Å². The Morgan fingerprint density at radius 1 is 0.952 bits per heavy atom. The van der Waals surface area contributed by atoms with Gasteiger partial charge in [-0.05, 0) is 29.8 Å². The molecule has 0 bridgehead atoms. The monoisotopic (exact) mass is 613 g/mol. The zero-order chi connectivity index (χ0) is 28.7. The molecule has 1 fully saturated rings. The minimum Gasteiger partial charge on any atom is -0.335 e. The summed E-state index contributed by atoms with van der Waals surface area (Å²) < 4.78 is 1.95. The topological polar surface area (TPSA) is 80.0 Å². The molecule has 3 aromatic heterocycles. The number of thiazole rings is 1. The largest absolute Gasteiger partial charge is 0.335 e. The van der Waals surface area contributed by atoms with Crippen molar-refractivity contribution in [1.29, 1.82) is 0 Å². The van der Waals surface area contributed by atoms with Crippen LogP contribution < -0.4 is 0 Å². The smallest absolute Gasteiger partial charge is 0.273 e. The molecule has 4 heterocycles. The van der Waals surface area contributed by atoms with E-state index >= 15 is 0 Å². The number of halogens is 1. The molecule has 5 aromatic rings. The first-order valence-corrected chi connectivity index (χ1v) is 15.8. The van der Waals surface area contributed by atoms with E-state index in [2.05, 4.69) is 49.4 Å². The lowest BCUT2D eigenvalue weighted by Crippen LogP contribution is -2.48. The molecule has 1 amide bonds. The fraction of sp³-hybridized carbons (Fsp3) is 0.194. The van der Waals surface area contributed by atoms with Gasteiger partial charge in [0.2, 0.25) is 0 Å². The van der Waals surface area contributed by atoms with E-state index in [1.165, 1.54) is 28.7 Å². The van der Waals surface area contributed by atoms with Gasteiger partial charge in [0.15, 0.2) is 11.0 Å². The first kappa shape index (κ1) is 28.3. The van der Waals surface area contributed by atoms with Crippen molar-refractivity contribution in [3.63, 3.8) is 0 Å². The minimum atomic E-state index is -0.0128. The third-order valence-corrected chi connectivity index (χ3v) is 9.19. The fourth-order valence-corrected chi connectivity index (χ4v) is 6.65. The van der Waals surface area contributed by atoms with Crippen LogP contribution in [0, 0.1) is 0 Å². The van der Waals surface area contributed by atoms with Gasteiger partial charge in [-0.1, -0.05) is 78.0 Å². The van der Waals surface area contributed by atoms with Crippen LogP contribution in [0.5, 0.6) is 0 Å². The van der Waals surface area contributed by atoms with E-state index in [1.54, 1.807) is 12.4 Å². The summed E-state index contributed by atoms with van der Waals surface area (Å²) in [6.45, 7) is 3.94. The Bertz CT molecular complexity index is 1670. The van der Waals surface area contributed by atoms with Crippen molar-refractivity contribution in [1.82, 2.24) is 34.5 Å². The predicted octanol–water partition coefficient (Wildman–Crippen LogP) is 6.20. The van der Waals surface area contributed by atoms with Crippen LogP contribution in [0.15, 0.2) is 95.7 Å². The number of para-hydroxylation sites is 1. The molecule has 1 aliphatic heterocycles. The van der Waals surface area contributed by atoms with Crippen molar-refractivity contribution >= 4 is 46.7 Å². The average molecular weight is 614 g/mol. The number of carbonyl (C=O) groups is 1. The molecule has 0 unspecified atom stereocenters. The number of benzene rings is 2. The van der Waals surface area contributed by atoms with Crippen molar-refractivity contribution in [2.45, 2.75) is 10.9 Å². The second-order valence-electron chi connectivity index (χ2n) is 9.65. The number of hydrogen-bond donors (Lipinski definition) is 0. The molecule has 0 spiro atoms. The van der Waals surface area contributed by atoms with Crippen LogP contribution in [0.25, 0.3) is 23.2 Å². The van der Waals surface area contributed by atoms with Gasteiger partial charge in [0.25, 0.3) is 5.91 Å². The Morgan fingerprint density at radius 3 is 2.50 bits per heavy atom. The summed E-state index contributed by atoms with van der Waals surface area (Å²) in [6, 6.07) is 21.7. The summed E-state index contributed by atoms with van der Waals surface area (Å²) in [6.07, 6.45) is 7.78. The summed E-state index contributed by atoms with van der Waals surface area (Å²) in [5.41, 5.74) is 3.38. The molecule has 2 aromatic carbocycles. The van der Waals surface area contributed by atoms with Gasteiger partial charge < -0.3 is 4.90 Å². The predicted molar refractivity (Wildman–Crippen MR) is 169 cm³/mol. The molecule has 0 radical (unpaired) electrons. The van der Waals surface area contributed by atoms with E-state index in [-0.39, 0.29) is 5.91 Å². The summed E-state index contributed by atoms with van der Waals surface area (Å²) in [7, 11) is 0.